The Bertz CT molecular complexity index is 1260. The number of halogens is 2. The lowest BCUT2D eigenvalue weighted by Crippen LogP contribution is -2.53. The fourth-order valence-electron chi connectivity index (χ4n) is 6.60. The second-order valence-electron chi connectivity index (χ2n) is 10.7. The molecule has 6 rings (SSSR count). The molecule has 1 amide bonds. The van der Waals surface area contributed by atoms with Crippen LogP contribution in [0.5, 0.6) is 5.75 Å². The fraction of sp³-hybridized carbons (Fsp3) is 0.406. The Balaban J connectivity index is 0.00000185. The quantitative estimate of drug-likeness (QED) is 0.353. The summed E-state index contributed by atoms with van der Waals surface area (Å²) in [6.45, 7) is 6.59. The van der Waals surface area contributed by atoms with Gasteiger partial charge in [0.2, 0.25) is 0 Å². The molecule has 1 atom stereocenters. The third kappa shape index (κ3) is 5.42. The van der Waals surface area contributed by atoms with Gasteiger partial charge in [0.15, 0.2) is 0 Å². The zero-order valence-electron chi connectivity index (χ0n) is 23.2. The third-order valence-electron chi connectivity index (χ3n) is 8.63. The predicted octanol–water partition coefficient (Wildman–Crippen LogP) is 5.78. The number of rotatable bonds is 7. The Kier molecular flexibility index (Phi) is 10.0. The van der Waals surface area contributed by atoms with Crippen LogP contribution in [0.3, 0.4) is 0 Å². The van der Waals surface area contributed by atoms with Crippen LogP contribution in [0.25, 0.3) is 0 Å². The Hall–Kier alpha value is -2.77. The number of piperidine rings is 1. The van der Waals surface area contributed by atoms with Crippen molar-refractivity contribution in [1.29, 1.82) is 0 Å². The van der Waals surface area contributed by atoms with Crippen molar-refractivity contribution in [2.45, 2.75) is 31.1 Å². The van der Waals surface area contributed by atoms with Crippen LogP contribution in [-0.2, 0) is 10.2 Å². The Morgan fingerprint density at radius 3 is 2.05 bits per heavy atom. The first kappa shape index (κ1) is 30.2. The molecule has 3 aliphatic heterocycles. The van der Waals surface area contributed by atoms with Gasteiger partial charge < -0.3 is 9.64 Å². The average molecular weight is 584 g/mol. The molecular weight excluding hydrogens is 543 g/mol. The number of amides is 1. The van der Waals surface area contributed by atoms with Crippen LogP contribution in [-0.4, -0.2) is 68.7 Å². The van der Waals surface area contributed by atoms with E-state index in [1.807, 2.05) is 23.2 Å². The Labute approximate surface area is 250 Å². The summed E-state index contributed by atoms with van der Waals surface area (Å²) in [4.78, 5) is 19.5. The van der Waals surface area contributed by atoms with Crippen molar-refractivity contribution in [2.24, 2.45) is 0 Å². The maximum absolute atomic E-state index is 14.6. The number of para-hydroxylation sites is 3. The zero-order valence-corrected chi connectivity index (χ0v) is 24.8. The molecule has 0 aromatic heterocycles. The summed E-state index contributed by atoms with van der Waals surface area (Å²) in [6.07, 6.45) is 4.29. The molecule has 1 unspecified atom stereocenters. The highest BCUT2D eigenvalue weighted by Crippen LogP contribution is 2.49. The van der Waals surface area contributed by atoms with Crippen LogP contribution in [0.4, 0.5) is 11.4 Å². The van der Waals surface area contributed by atoms with Crippen molar-refractivity contribution >= 4 is 42.1 Å². The lowest BCUT2D eigenvalue weighted by Gasteiger charge is -2.39. The van der Waals surface area contributed by atoms with E-state index in [9.17, 15) is 4.79 Å². The SMILES string of the molecule is COc1ccccc1N1CCN(CCC2(c3ccccc3)C(=O)N(N3CCCCC3)c3ccccc32)CC1.Cl.Cl. The number of nitrogens with zero attached hydrogens (tertiary/aromatic N) is 4. The molecule has 2 saturated heterocycles. The first-order valence-electron chi connectivity index (χ1n) is 14.1. The van der Waals surface area contributed by atoms with Crippen LogP contribution in [0, 0.1) is 0 Å². The molecule has 3 aromatic carbocycles. The van der Waals surface area contributed by atoms with E-state index in [2.05, 4.69) is 75.5 Å². The minimum atomic E-state index is -0.672. The molecule has 214 valence electrons. The molecule has 40 heavy (non-hydrogen) atoms. The first-order valence-corrected chi connectivity index (χ1v) is 14.1. The Morgan fingerprint density at radius 1 is 0.725 bits per heavy atom. The van der Waals surface area contributed by atoms with Crippen LogP contribution >= 0.6 is 24.8 Å². The normalized spacial score (nSPS) is 21.4. The van der Waals surface area contributed by atoms with Gasteiger partial charge in [-0.1, -0.05) is 67.1 Å². The molecule has 3 aromatic rings. The standard InChI is InChI=1S/C32H38N4O2.2ClH/c1-38-30-17-9-8-16-29(30)34-24-22-33(23-25-34)21-18-32(26-12-4-2-5-13-26)27-14-6-7-15-28(27)36(31(32)37)35-19-10-3-11-20-35;;/h2,4-9,12-17H,3,10-11,18-25H2,1H3;2*1H. The largest absolute Gasteiger partial charge is 0.495 e. The maximum Gasteiger partial charge on any atom is 0.256 e. The monoisotopic (exact) mass is 582 g/mol. The number of fused-ring (bicyclic) bond motifs is 1. The zero-order chi connectivity index (χ0) is 26.0. The molecule has 8 heteroatoms. The first-order chi connectivity index (χ1) is 18.7. The van der Waals surface area contributed by atoms with E-state index in [0.717, 1.165) is 93.3 Å². The summed E-state index contributed by atoms with van der Waals surface area (Å²) in [5, 5.41) is 4.32. The number of hydrogen-bond donors (Lipinski definition) is 0. The number of piperazine rings is 1. The van der Waals surface area contributed by atoms with Gasteiger partial charge in [-0.3, -0.25) is 9.69 Å². The van der Waals surface area contributed by atoms with E-state index in [1.54, 1.807) is 7.11 Å². The average Bonchev–Trinajstić information content (AvgIpc) is 3.25. The molecule has 3 aliphatic rings. The molecule has 0 saturated carbocycles. The van der Waals surface area contributed by atoms with Crippen molar-refractivity contribution < 1.29 is 9.53 Å². The second kappa shape index (κ2) is 13.3. The molecule has 0 radical (unpaired) electrons. The summed E-state index contributed by atoms with van der Waals surface area (Å²) >= 11 is 0. The topological polar surface area (TPSA) is 39.3 Å². The molecule has 0 bridgehead atoms. The van der Waals surface area contributed by atoms with Gasteiger partial charge in [0, 0.05) is 39.3 Å². The number of methoxy groups -OCH3 is 1. The minimum absolute atomic E-state index is 0. The molecule has 0 spiro atoms. The highest BCUT2D eigenvalue weighted by atomic mass is 35.5. The second-order valence-corrected chi connectivity index (χ2v) is 10.7. The molecular formula is C32H40Cl2N4O2. The molecule has 3 heterocycles. The number of carbonyl (C=O) groups excluding carboxylic acids is 1. The summed E-state index contributed by atoms with van der Waals surface area (Å²) in [6, 6.07) is 27.2. The lowest BCUT2D eigenvalue weighted by molar-refractivity contribution is -0.125. The van der Waals surface area contributed by atoms with E-state index >= 15 is 0 Å². The van der Waals surface area contributed by atoms with Crippen molar-refractivity contribution in [1.82, 2.24) is 9.91 Å². The van der Waals surface area contributed by atoms with Crippen molar-refractivity contribution in [3.05, 3.63) is 90.0 Å². The number of anilines is 2. The summed E-state index contributed by atoms with van der Waals surface area (Å²) in [7, 11) is 1.74. The third-order valence-corrected chi connectivity index (χ3v) is 8.63. The van der Waals surface area contributed by atoms with Gasteiger partial charge in [-0.05, 0) is 55.1 Å². The van der Waals surface area contributed by atoms with Crippen molar-refractivity contribution in [2.75, 3.05) is 62.8 Å². The highest BCUT2D eigenvalue weighted by Gasteiger charge is 2.53. The van der Waals surface area contributed by atoms with Crippen molar-refractivity contribution in [3.8, 4) is 5.75 Å². The van der Waals surface area contributed by atoms with Crippen LogP contribution in [0.15, 0.2) is 78.9 Å². The number of hydrazine groups is 1. The summed E-state index contributed by atoms with van der Waals surface area (Å²) in [5.41, 5.74) is 3.80. The molecule has 0 N–H and O–H groups in total. The molecule has 2 fully saturated rings. The number of hydrogen-bond acceptors (Lipinski definition) is 5. The van der Waals surface area contributed by atoms with Crippen molar-refractivity contribution in [3.63, 3.8) is 0 Å². The summed E-state index contributed by atoms with van der Waals surface area (Å²) < 4.78 is 5.61. The molecule has 0 aliphatic carbocycles. The summed E-state index contributed by atoms with van der Waals surface area (Å²) in [5.74, 6) is 1.13. The van der Waals surface area contributed by atoms with Crippen LogP contribution < -0.4 is 14.6 Å². The number of benzene rings is 3. The number of carbonyl (C=O) groups is 1. The van der Waals surface area contributed by atoms with Gasteiger partial charge >= 0.3 is 0 Å². The van der Waals surface area contributed by atoms with Gasteiger partial charge in [-0.2, -0.15) is 0 Å². The van der Waals surface area contributed by atoms with Gasteiger partial charge in [0.1, 0.15) is 11.2 Å². The van der Waals surface area contributed by atoms with Crippen LogP contribution in [0.2, 0.25) is 0 Å². The Morgan fingerprint density at radius 2 is 1.35 bits per heavy atom. The minimum Gasteiger partial charge on any atom is -0.495 e. The molecule has 6 nitrogen and oxygen atoms in total. The van der Waals surface area contributed by atoms with E-state index in [1.165, 1.54) is 6.42 Å². The highest BCUT2D eigenvalue weighted by molar-refractivity contribution is 6.09. The van der Waals surface area contributed by atoms with E-state index in [0.29, 0.717) is 0 Å². The van der Waals surface area contributed by atoms with Crippen LogP contribution in [0.1, 0.15) is 36.8 Å². The lowest BCUT2D eigenvalue weighted by atomic mass is 9.72. The fourth-order valence-corrected chi connectivity index (χ4v) is 6.60. The maximum atomic E-state index is 14.6. The van der Waals surface area contributed by atoms with E-state index < -0.39 is 5.41 Å². The van der Waals surface area contributed by atoms with Gasteiger partial charge in [0.25, 0.3) is 5.91 Å². The van der Waals surface area contributed by atoms with Gasteiger partial charge in [-0.15, -0.1) is 24.8 Å². The van der Waals surface area contributed by atoms with Gasteiger partial charge in [-0.25, -0.2) is 10.0 Å². The van der Waals surface area contributed by atoms with E-state index in [4.69, 9.17) is 4.74 Å². The number of ether oxygens (including phenoxy) is 1. The predicted molar refractivity (Wildman–Crippen MR) is 167 cm³/mol. The smallest absolute Gasteiger partial charge is 0.256 e. The van der Waals surface area contributed by atoms with Gasteiger partial charge in [0.05, 0.1) is 18.5 Å². The van der Waals surface area contributed by atoms with E-state index in [-0.39, 0.29) is 30.7 Å².